The van der Waals surface area contributed by atoms with Crippen LogP contribution in [0.5, 0.6) is 0 Å². The SMILES string of the molecule is C=C(C)Cc1ccc(N/C(=C/C(=N)C(C)(C)C)NC)cc1C. The van der Waals surface area contributed by atoms with Gasteiger partial charge in [-0.3, -0.25) is 0 Å². The number of rotatable bonds is 6. The van der Waals surface area contributed by atoms with Crippen LogP contribution in [-0.2, 0) is 6.42 Å². The summed E-state index contributed by atoms with van der Waals surface area (Å²) in [7, 11) is 1.86. The van der Waals surface area contributed by atoms with E-state index in [-0.39, 0.29) is 5.41 Å². The van der Waals surface area contributed by atoms with Crippen molar-refractivity contribution in [2.24, 2.45) is 5.41 Å². The third-order valence-electron chi connectivity index (χ3n) is 3.48. The van der Waals surface area contributed by atoms with E-state index in [0.717, 1.165) is 17.9 Å². The molecule has 0 bridgehead atoms. The van der Waals surface area contributed by atoms with Gasteiger partial charge in [0.25, 0.3) is 0 Å². The molecule has 3 heteroatoms. The fraction of sp³-hybridized carbons (Fsp3) is 0.421. The first-order valence-electron chi connectivity index (χ1n) is 7.63. The summed E-state index contributed by atoms with van der Waals surface area (Å²) in [6, 6.07) is 6.33. The summed E-state index contributed by atoms with van der Waals surface area (Å²) in [4.78, 5) is 0. The Balaban J connectivity index is 2.93. The van der Waals surface area contributed by atoms with Crippen molar-refractivity contribution in [1.82, 2.24) is 5.32 Å². The van der Waals surface area contributed by atoms with Crippen molar-refractivity contribution < 1.29 is 0 Å². The van der Waals surface area contributed by atoms with Crippen LogP contribution in [-0.4, -0.2) is 12.8 Å². The Kier molecular flexibility index (Phi) is 5.98. The molecule has 0 atom stereocenters. The molecule has 0 aliphatic heterocycles. The van der Waals surface area contributed by atoms with Crippen LogP contribution in [0, 0.1) is 17.7 Å². The quantitative estimate of drug-likeness (QED) is 0.529. The molecule has 3 nitrogen and oxygen atoms in total. The lowest BCUT2D eigenvalue weighted by atomic mass is 9.90. The molecule has 0 aromatic heterocycles. The molecule has 22 heavy (non-hydrogen) atoms. The zero-order valence-corrected chi connectivity index (χ0v) is 14.7. The molecule has 1 rings (SSSR count). The van der Waals surface area contributed by atoms with E-state index in [1.165, 1.54) is 16.7 Å². The second kappa shape index (κ2) is 7.30. The Morgan fingerprint density at radius 1 is 1.32 bits per heavy atom. The fourth-order valence-electron chi connectivity index (χ4n) is 1.98. The Bertz CT molecular complexity index is 589. The van der Waals surface area contributed by atoms with Gasteiger partial charge >= 0.3 is 0 Å². The van der Waals surface area contributed by atoms with Gasteiger partial charge in [0.15, 0.2) is 0 Å². The molecule has 0 aliphatic carbocycles. The van der Waals surface area contributed by atoms with Crippen LogP contribution in [0.4, 0.5) is 5.69 Å². The number of anilines is 1. The zero-order valence-electron chi connectivity index (χ0n) is 14.7. The summed E-state index contributed by atoms with van der Waals surface area (Å²) in [5.74, 6) is 0.826. The normalized spacial score (nSPS) is 12.0. The molecule has 1 aromatic carbocycles. The van der Waals surface area contributed by atoms with Gasteiger partial charge < -0.3 is 16.0 Å². The van der Waals surface area contributed by atoms with Crippen molar-refractivity contribution in [2.75, 3.05) is 12.4 Å². The maximum atomic E-state index is 8.13. The number of nitrogens with one attached hydrogen (secondary N) is 3. The predicted octanol–water partition coefficient (Wildman–Crippen LogP) is 4.65. The average molecular weight is 299 g/mol. The lowest BCUT2D eigenvalue weighted by Gasteiger charge is -2.19. The molecule has 0 fully saturated rings. The van der Waals surface area contributed by atoms with Crippen LogP contribution in [0.1, 0.15) is 38.8 Å². The first-order chi connectivity index (χ1) is 10.1. The summed E-state index contributed by atoms with van der Waals surface area (Å²) in [5.41, 5.74) is 5.15. The highest BCUT2D eigenvalue weighted by molar-refractivity contribution is 5.97. The van der Waals surface area contributed by atoms with Gasteiger partial charge in [0.1, 0.15) is 5.82 Å². The molecular weight excluding hydrogens is 270 g/mol. The topological polar surface area (TPSA) is 47.9 Å². The maximum absolute atomic E-state index is 8.13. The molecule has 0 spiro atoms. The van der Waals surface area contributed by atoms with Crippen LogP contribution < -0.4 is 10.6 Å². The fourth-order valence-corrected chi connectivity index (χ4v) is 1.98. The van der Waals surface area contributed by atoms with Gasteiger partial charge in [-0.1, -0.05) is 39.0 Å². The lowest BCUT2D eigenvalue weighted by Crippen LogP contribution is -2.22. The Hall–Kier alpha value is -2.03. The minimum atomic E-state index is -0.162. The van der Waals surface area contributed by atoms with Crippen LogP contribution >= 0.6 is 0 Å². The average Bonchev–Trinajstić information content (AvgIpc) is 2.39. The first kappa shape index (κ1) is 18.0. The minimum absolute atomic E-state index is 0.162. The highest BCUT2D eigenvalue weighted by Crippen LogP contribution is 2.20. The summed E-state index contributed by atoms with van der Waals surface area (Å²) in [5, 5.41) is 14.6. The van der Waals surface area contributed by atoms with Crippen molar-refractivity contribution in [3.63, 3.8) is 0 Å². The van der Waals surface area contributed by atoms with Gasteiger partial charge in [0.2, 0.25) is 0 Å². The third kappa shape index (κ3) is 5.40. The minimum Gasteiger partial charge on any atom is -0.375 e. The van der Waals surface area contributed by atoms with Crippen molar-refractivity contribution in [3.05, 3.63) is 53.4 Å². The van der Waals surface area contributed by atoms with Gasteiger partial charge in [-0.15, -0.1) is 0 Å². The van der Waals surface area contributed by atoms with Crippen LogP contribution in [0.15, 0.2) is 42.2 Å². The molecular formula is C19H29N3. The lowest BCUT2D eigenvalue weighted by molar-refractivity contribution is 0.590. The van der Waals surface area contributed by atoms with Gasteiger partial charge in [-0.25, -0.2) is 0 Å². The highest BCUT2D eigenvalue weighted by Gasteiger charge is 2.15. The molecule has 0 saturated carbocycles. The third-order valence-corrected chi connectivity index (χ3v) is 3.48. The van der Waals surface area contributed by atoms with Crippen molar-refractivity contribution >= 4 is 11.4 Å². The van der Waals surface area contributed by atoms with E-state index in [9.17, 15) is 0 Å². The van der Waals surface area contributed by atoms with E-state index >= 15 is 0 Å². The van der Waals surface area contributed by atoms with Gasteiger partial charge in [0.05, 0.1) is 0 Å². The van der Waals surface area contributed by atoms with Crippen LogP contribution in [0.2, 0.25) is 0 Å². The summed E-state index contributed by atoms with van der Waals surface area (Å²) >= 11 is 0. The highest BCUT2D eigenvalue weighted by atomic mass is 15.1. The van der Waals surface area contributed by atoms with E-state index in [1.807, 2.05) is 40.8 Å². The van der Waals surface area contributed by atoms with E-state index in [1.54, 1.807) is 0 Å². The predicted molar refractivity (Wildman–Crippen MR) is 97.6 cm³/mol. The molecule has 0 heterocycles. The van der Waals surface area contributed by atoms with E-state index in [2.05, 4.69) is 42.3 Å². The van der Waals surface area contributed by atoms with Crippen molar-refractivity contribution in [3.8, 4) is 0 Å². The summed E-state index contributed by atoms with van der Waals surface area (Å²) < 4.78 is 0. The summed E-state index contributed by atoms with van der Waals surface area (Å²) in [6.07, 6.45) is 2.76. The largest absolute Gasteiger partial charge is 0.375 e. The Morgan fingerprint density at radius 2 is 1.95 bits per heavy atom. The van der Waals surface area contributed by atoms with Gasteiger partial charge in [-0.05, 0) is 49.6 Å². The van der Waals surface area contributed by atoms with Gasteiger partial charge in [0, 0.05) is 23.9 Å². The number of hydrogen-bond acceptors (Lipinski definition) is 3. The molecule has 0 aliphatic rings. The van der Waals surface area contributed by atoms with Crippen molar-refractivity contribution in [1.29, 1.82) is 5.41 Å². The first-order valence-corrected chi connectivity index (χ1v) is 7.63. The number of allylic oxidation sites excluding steroid dienone is 2. The molecule has 120 valence electrons. The second-order valence-corrected chi connectivity index (χ2v) is 6.87. The molecule has 1 aromatic rings. The van der Waals surface area contributed by atoms with E-state index in [4.69, 9.17) is 5.41 Å². The second-order valence-electron chi connectivity index (χ2n) is 6.87. The Labute approximate surface area is 135 Å². The Morgan fingerprint density at radius 3 is 2.41 bits per heavy atom. The summed E-state index contributed by atoms with van der Waals surface area (Å²) in [6.45, 7) is 14.2. The number of benzene rings is 1. The number of aryl methyl sites for hydroxylation is 1. The molecule has 0 radical (unpaired) electrons. The molecule has 0 saturated heterocycles. The zero-order chi connectivity index (χ0) is 16.9. The monoisotopic (exact) mass is 299 g/mol. The number of hydrogen-bond donors (Lipinski definition) is 3. The standard InChI is InChI=1S/C19H29N3/c1-13(2)10-15-8-9-16(11-14(15)3)22-18(21-7)12-17(20)19(4,5)6/h8-9,11-12,20-22H,1,10H2,2-7H3/b18-12+,20-17?. The van der Waals surface area contributed by atoms with Crippen LogP contribution in [0.25, 0.3) is 0 Å². The smallest absolute Gasteiger partial charge is 0.105 e. The maximum Gasteiger partial charge on any atom is 0.105 e. The van der Waals surface area contributed by atoms with Crippen molar-refractivity contribution in [2.45, 2.75) is 41.0 Å². The van der Waals surface area contributed by atoms with Crippen LogP contribution in [0.3, 0.4) is 0 Å². The molecule has 0 unspecified atom stereocenters. The molecule has 0 amide bonds. The van der Waals surface area contributed by atoms with E-state index in [0.29, 0.717) is 5.71 Å². The molecule has 3 N–H and O–H groups in total. The van der Waals surface area contributed by atoms with E-state index < -0.39 is 0 Å². The van der Waals surface area contributed by atoms with Gasteiger partial charge in [-0.2, -0.15) is 0 Å².